The number of nitrogen functional groups attached to an aromatic ring is 1. The molecule has 3 nitrogen and oxygen atoms in total. The summed E-state index contributed by atoms with van der Waals surface area (Å²) in [6.45, 7) is 0. The van der Waals surface area contributed by atoms with Gasteiger partial charge in [-0.25, -0.2) is 0 Å². The fourth-order valence-electron chi connectivity index (χ4n) is 3.14. The Morgan fingerprint density at radius 3 is 2.70 bits per heavy atom. The number of fused-ring (bicyclic) bond motifs is 2. The topological polar surface area (TPSA) is 54.7 Å². The predicted octanol–water partition coefficient (Wildman–Crippen LogP) is 3.69. The van der Waals surface area contributed by atoms with Gasteiger partial charge < -0.3 is 5.73 Å². The molecule has 2 aromatic carbocycles. The van der Waals surface area contributed by atoms with Gasteiger partial charge in [0.05, 0.1) is 11.2 Å². The van der Waals surface area contributed by atoms with E-state index in [-0.39, 0.29) is 0 Å². The third-order valence-electron chi connectivity index (χ3n) is 4.21. The average molecular weight is 263 g/mol. The molecule has 0 aliphatic heterocycles. The summed E-state index contributed by atoms with van der Waals surface area (Å²) in [5.41, 5.74) is 12.8. The van der Waals surface area contributed by atoms with Gasteiger partial charge in [0.15, 0.2) is 0 Å². The van der Waals surface area contributed by atoms with Gasteiger partial charge in [-0.15, -0.1) is 0 Å². The standard InChI is InChI=1S/C17H17N3/c18-14-7-8-15-16(10-14)19-20-17(15)13-6-5-11-3-1-2-4-12(11)9-13/h5-10H,1-4,18H2,(H,19,20). The Morgan fingerprint density at radius 2 is 1.80 bits per heavy atom. The molecule has 3 N–H and O–H groups in total. The van der Waals surface area contributed by atoms with Crippen LogP contribution in [0.25, 0.3) is 22.2 Å². The van der Waals surface area contributed by atoms with Gasteiger partial charge in [-0.1, -0.05) is 12.1 Å². The maximum Gasteiger partial charge on any atom is 0.0999 e. The highest BCUT2D eigenvalue weighted by Crippen LogP contribution is 2.31. The predicted molar refractivity (Wildman–Crippen MR) is 82.6 cm³/mol. The molecule has 1 aliphatic carbocycles. The molecular formula is C17H17N3. The minimum Gasteiger partial charge on any atom is -0.399 e. The van der Waals surface area contributed by atoms with Crippen molar-refractivity contribution in [2.75, 3.05) is 5.73 Å². The molecule has 100 valence electrons. The highest BCUT2D eigenvalue weighted by molar-refractivity contribution is 5.94. The van der Waals surface area contributed by atoms with E-state index in [0.717, 1.165) is 22.3 Å². The van der Waals surface area contributed by atoms with Crippen LogP contribution in [0.4, 0.5) is 5.69 Å². The fourth-order valence-corrected chi connectivity index (χ4v) is 3.14. The quantitative estimate of drug-likeness (QED) is 0.658. The molecule has 0 saturated carbocycles. The maximum atomic E-state index is 5.82. The molecule has 0 fully saturated rings. The largest absolute Gasteiger partial charge is 0.399 e. The summed E-state index contributed by atoms with van der Waals surface area (Å²) in [4.78, 5) is 0. The van der Waals surface area contributed by atoms with E-state index in [1.807, 2.05) is 18.2 Å². The van der Waals surface area contributed by atoms with Gasteiger partial charge in [0.25, 0.3) is 0 Å². The normalized spacial score (nSPS) is 14.4. The van der Waals surface area contributed by atoms with Crippen LogP contribution in [-0.2, 0) is 12.8 Å². The molecule has 4 rings (SSSR count). The number of nitrogens with zero attached hydrogens (tertiary/aromatic N) is 1. The van der Waals surface area contributed by atoms with E-state index in [0.29, 0.717) is 0 Å². The van der Waals surface area contributed by atoms with Crippen LogP contribution in [0.2, 0.25) is 0 Å². The average Bonchev–Trinajstić information content (AvgIpc) is 2.89. The maximum absolute atomic E-state index is 5.82. The zero-order chi connectivity index (χ0) is 13.5. The van der Waals surface area contributed by atoms with Crippen LogP contribution in [0.1, 0.15) is 24.0 Å². The SMILES string of the molecule is Nc1ccc2c(-c3ccc4c(c3)CCCC4)n[nH]c2c1. The van der Waals surface area contributed by atoms with E-state index in [9.17, 15) is 0 Å². The van der Waals surface area contributed by atoms with Crippen LogP contribution in [-0.4, -0.2) is 10.2 Å². The van der Waals surface area contributed by atoms with Crippen LogP contribution in [0.15, 0.2) is 36.4 Å². The van der Waals surface area contributed by atoms with Gasteiger partial charge >= 0.3 is 0 Å². The summed E-state index contributed by atoms with van der Waals surface area (Å²) in [5, 5.41) is 8.69. The third-order valence-corrected chi connectivity index (χ3v) is 4.21. The number of nitrogens with one attached hydrogen (secondary N) is 1. The Kier molecular flexibility index (Phi) is 2.52. The lowest BCUT2D eigenvalue weighted by Gasteiger charge is -2.16. The Labute approximate surface area is 117 Å². The summed E-state index contributed by atoms with van der Waals surface area (Å²) in [7, 11) is 0. The monoisotopic (exact) mass is 263 g/mol. The first-order valence-electron chi connectivity index (χ1n) is 7.17. The van der Waals surface area contributed by atoms with E-state index in [1.165, 1.54) is 42.4 Å². The van der Waals surface area contributed by atoms with Crippen molar-refractivity contribution in [1.29, 1.82) is 0 Å². The number of aryl methyl sites for hydroxylation is 2. The molecule has 1 aromatic heterocycles. The lowest BCUT2D eigenvalue weighted by molar-refractivity contribution is 0.686. The highest BCUT2D eigenvalue weighted by Gasteiger charge is 2.13. The Morgan fingerprint density at radius 1 is 0.950 bits per heavy atom. The van der Waals surface area contributed by atoms with Crippen molar-refractivity contribution in [2.45, 2.75) is 25.7 Å². The Balaban J connectivity index is 1.86. The Hall–Kier alpha value is -2.29. The molecule has 0 spiro atoms. The van der Waals surface area contributed by atoms with E-state index < -0.39 is 0 Å². The van der Waals surface area contributed by atoms with E-state index >= 15 is 0 Å². The minimum atomic E-state index is 0.762. The molecule has 0 saturated heterocycles. The molecule has 0 unspecified atom stereocenters. The van der Waals surface area contributed by atoms with Crippen molar-refractivity contribution in [3.63, 3.8) is 0 Å². The zero-order valence-electron chi connectivity index (χ0n) is 11.3. The molecule has 0 bridgehead atoms. The van der Waals surface area contributed by atoms with Crippen molar-refractivity contribution in [1.82, 2.24) is 10.2 Å². The van der Waals surface area contributed by atoms with Gasteiger partial charge in [-0.05, 0) is 61.1 Å². The van der Waals surface area contributed by atoms with Gasteiger partial charge in [-0.3, -0.25) is 5.10 Å². The van der Waals surface area contributed by atoms with Crippen LogP contribution < -0.4 is 5.73 Å². The van der Waals surface area contributed by atoms with Crippen molar-refractivity contribution >= 4 is 16.6 Å². The van der Waals surface area contributed by atoms with Gasteiger partial charge in [-0.2, -0.15) is 5.10 Å². The number of H-pyrrole nitrogens is 1. The summed E-state index contributed by atoms with van der Waals surface area (Å²) in [5.74, 6) is 0. The van der Waals surface area contributed by atoms with Gasteiger partial charge in [0.2, 0.25) is 0 Å². The first-order valence-corrected chi connectivity index (χ1v) is 7.17. The fraction of sp³-hybridized carbons (Fsp3) is 0.235. The van der Waals surface area contributed by atoms with Crippen LogP contribution >= 0.6 is 0 Å². The molecule has 3 heteroatoms. The number of anilines is 1. The first kappa shape index (κ1) is 11.5. The number of hydrogen-bond acceptors (Lipinski definition) is 2. The molecule has 20 heavy (non-hydrogen) atoms. The molecular weight excluding hydrogens is 246 g/mol. The summed E-state index contributed by atoms with van der Waals surface area (Å²) in [6.07, 6.45) is 5.02. The van der Waals surface area contributed by atoms with Gasteiger partial charge in [0, 0.05) is 16.6 Å². The van der Waals surface area contributed by atoms with Crippen LogP contribution in [0.3, 0.4) is 0 Å². The summed E-state index contributed by atoms with van der Waals surface area (Å²) >= 11 is 0. The van der Waals surface area contributed by atoms with Crippen molar-refractivity contribution in [3.8, 4) is 11.3 Å². The number of nitrogens with two attached hydrogens (primary N) is 1. The van der Waals surface area contributed by atoms with Crippen LogP contribution in [0, 0.1) is 0 Å². The van der Waals surface area contributed by atoms with Crippen molar-refractivity contribution in [2.24, 2.45) is 0 Å². The van der Waals surface area contributed by atoms with E-state index in [1.54, 1.807) is 0 Å². The molecule has 1 heterocycles. The number of aromatic amines is 1. The first-order chi connectivity index (χ1) is 9.81. The second-order valence-corrected chi connectivity index (χ2v) is 5.57. The highest BCUT2D eigenvalue weighted by atomic mass is 15.1. The number of aromatic nitrogens is 2. The molecule has 0 radical (unpaired) electrons. The van der Waals surface area contributed by atoms with Crippen molar-refractivity contribution in [3.05, 3.63) is 47.5 Å². The summed E-state index contributed by atoms with van der Waals surface area (Å²) in [6, 6.07) is 12.7. The Bertz CT molecular complexity index is 786. The second kappa shape index (κ2) is 4.37. The second-order valence-electron chi connectivity index (χ2n) is 5.57. The molecule has 0 atom stereocenters. The number of hydrogen-bond donors (Lipinski definition) is 2. The van der Waals surface area contributed by atoms with E-state index in [4.69, 9.17) is 5.73 Å². The van der Waals surface area contributed by atoms with E-state index in [2.05, 4.69) is 28.4 Å². The zero-order valence-corrected chi connectivity index (χ0v) is 11.3. The minimum absolute atomic E-state index is 0.762. The number of benzene rings is 2. The molecule has 0 amide bonds. The van der Waals surface area contributed by atoms with Crippen molar-refractivity contribution < 1.29 is 0 Å². The molecule has 1 aliphatic rings. The number of rotatable bonds is 1. The lowest BCUT2D eigenvalue weighted by atomic mass is 9.89. The smallest absolute Gasteiger partial charge is 0.0999 e. The van der Waals surface area contributed by atoms with Gasteiger partial charge in [0.1, 0.15) is 0 Å². The summed E-state index contributed by atoms with van der Waals surface area (Å²) < 4.78 is 0. The third kappa shape index (κ3) is 1.78. The van der Waals surface area contributed by atoms with Crippen LogP contribution in [0.5, 0.6) is 0 Å². The lowest BCUT2D eigenvalue weighted by Crippen LogP contribution is -2.02. The molecule has 3 aromatic rings.